The topological polar surface area (TPSA) is 12.0 Å². The van der Waals surface area contributed by atoms with E-state index in [1.165, 1.54) is 38.5 Å². The summed E-state index contributed by atoms with van der Waals surface area (Å²) in [6.07, 6.45) is 27.1. The first-order valence-corrected chi connectivity index (χ1v) is 8.41. The molecule has 0 aromatic carbocycles. The molecule has 0 spiro atoms. The summed E-state index contributed by atoms with van der Waals surface area (Å²) < 4.78 is 0. The highest BCUT2D eigenvalue weighted by Crippen LogP contribution is 2.18. The minimum atomic E-state index is 0.326. The average Bonchev–Trinajstić information content (AvgIpc) is 2.53. The summed E-state index contributed by atoms with van der Waals surface area (Å²) in [6, 6.07) is 0.326. The molecule has 1 aliphatic rings. The van der Waals surface area contributed by atoms with Crippen LogP contribution in [0.1, 0.15) is 45.4 Å². The Morgan fingerprint density at radius 2 is 2.14 bits per heavy atom. The predicted molar refractivity (Wildman–Crippen MR) is 95.4 cm³/mol. The van der Waals surface area contributed by atoms with Crippen molar-refractivity contribution in [1.82, 2.24) is 5.32 Å². The molecule has 0 bridgehead atoms. The van der Waals surface area contributed by atoms with Crippen LogP contribution < -0.4 is 5.32 Å². The monoisotopic (exact) mass is 285 g/mol. The molecule has 2 unspecified atom stereocenters. The molecule has 1 nitrogen and oxygen atoms in total. The minimum Gasteiger partial charge on any atom is -0.307 e. The lowest BCUT2D eigenvalue weighted by Gasteiger charge is -2.14. The molecule has 0 aromatic rings. The maximum absolute atomic E-state index is 3.69. The summed E-state index contributed by atoms with van der Waals surface area (Å²) in [4.78, 5) is 0. The molecule has 0 radical (unpaired) electrons. The number of allylic oxidation sites excluding steroid dienone is 7. The predicted octanol–water partition coefficient (Wildman–Crippen LogP) is 5.35. The molecule has 0 aliphatic heterocycles. The van der Waals surface area contributed by atoms with Gasteiger partial charge in [-0.05, 0) is 38.1 Å². The zero-order chi connectivity index (χ0) is 15.2. The first-order chi connectivity index (χ1) is 10.4. The molecule has 21 heavy (non-hydrogen) atoms. The summed E-state index contributed by atoms with van der Waals surface area (Å²) in [6.45, 7) is 7.01. The number of hydrogen-bond acceptors (Lipinski definition) is 1. The second-order valence-corrected chi connectivity index (χ2v) is 5.60. The summed E-state index contributed by atoms with van der Waals surface area (Å²) in [5.74, 6) is 0.621. The zero-order valence-electron chi connectivity index (χ0n) is 13.5. The van der Waals surface area contributed by atoms with Gasteiger partial charge in [-0.25, -0.2) is 0 Å². The van der Waals surface area contributed by atoms with Crippen molar-refractivity contribution >= 4 is 0 Å². The van der Waals surface area contributed by atoms with Gasteiger partial charge in [0.05, 0.1) is 0 Å². The normalized spacial score (nSPS) is 20.7. The molecule has 2 atom stereocenters. The van der Waals surface area contributed by atoms with Gasteiger partial charge in [-0.1, -0.05) is 81.0 Å². The highest BCUT2D eigenvalue weighted by atomic mass is 14.9. The van der Waals surface area contributed by atoms with Crippen LogP contribution in [0.25, 0.3) is 0 Å². The first-order valence-electron chi connectivity index (χ1n) is 8.41. The molecular formula is C20H31N. The van der Waals surface area contributed by atoms with Gasteiger partial charge in [-0.15, -0.1) is 0 Å². The second kappa shape index (κ2) is 12.4. The van der Waals surface area contributed by atoms with E-state index in [4.69, 9.17) is 0 Å². The van der Waals surface area contributed by atoms with Crippen LogP contribution >= 0.6 is 0 Å². The lowest BCUT2D eigenvalue weighted by atomic mass is 9.95. The fourth-order valence-electron chi connectivity index (χ4n) is 2.43. The fourth-order valence-corrected chi connectivity index (χ4v) is 2.43. The minimum absolute atomic E-state index is 0.326. The van der Waals surface area contributed by atoms with Crippen LogP contribution in [0, 0.1) is 5.92 Å². The molecule has 1 rings (SSSR count). The number of nitrogens with one attached hydrogen (secondary N) is 1. The van der Waals surface area contributed by atoms with Gasteiger partial charge in [-0.3, -0.25) is 0 Å². The Hall–Kier alpha value is -1.34. The van der Waals surface area contributed by atoms with Gasteiger partial charge >= 0.3 is 0 Å². The summed E-state index contributed by atoms with van der Waals surface area (Å²) in [7, 11) is 0. The van der Waals surface area contributed by atoms with E-state index in [0.29, 0.717) is 12.0 Å². The quantitative estimate of drug-likeness (QED) is 0.324. The third kappa shape index (κ3) is 9.25. The molecule has 0 fully saturated rings. The van der Waals surface area contributed by atoms with E-state index in [2.05, 4.69) is 55.3 Å². The highest BCUT2D eigenvalue weighted by molar-refractivity contribution is 5.16. The van der Waals surface area contributed by atoms with E-state index >= 15 is 0 Å². The van der Waals surface area contributed by atoms with Crippen LogP contribution in [0.15, 0.2) is 61.3 Å². The summed E-state index contributed by atoms with van der Waals surface area (Å²) in [5.41, 5.74) is 0. The molecule has 0 amide bonds. The smallest absolute Gasteiger partial charge is 0.0438 e. The van der Waals surface area contributed by atoms with Gasteiger partial charge in [0.15, 0.2) is 0 Å². The molecule has 1 heteroatoms. The summed E-state index contributed by atoms with van der Waals surface area (Å²) in [5, 5.41) is 3.61. The van der Waals surface area contributed by atoms with E-state index < -0.39 is 0 Å². The van der Waals surface area contributed by atoms with E-state index in [-0.39, 0.29) is 0 Å². The van der Waals surface area contributed by atoms with Crippen LogP contribution in [0.5, 0.6) is 0 Å². The zero-order valence-corrected chi connectivity index (χ0v) is 13.5. The first kappa shape index (κ1) is 17.7. The van der Waals surface area contributed by atoms with Gasteiger partial charge in [-0.2, -0.15) is 0 Å². The Morgan fingerprint density at radius 1 is 1.24 bits per heavy atom. The Morgan fingerprint density at radius 3 is 2.86 bits per heavy atom. The lowest BCUT2D eigenvalue weighted by molar-refractivity contribution is 0.598. The van der Waals surface area contributed by atoms with Crippen molar-refractivity contribution in [2.24, 2.45) is 5.92 Å². The molecule has 0 saturated carbocycles. The van der Waals surface area contributed by atoms with Crippen LogP contribution in [0.3, 0.4) is 0 Å². The molecule has 0 heterocycles. The van der Waals surface area contributed by atoms with Crippen LogP contribution in [0.4, 0.5) is 0 Å². The number of rotatable bonds is 10. The standard InChI is InChI=1S/C20H31N/c1-3-5-7-11-15-20(21-18-12-6-4-2)17-16-19-13-9-8-10-14-19/h3,5,7,9,11,13,15-17,19-21H,1,4,6,8,10,12,14,18H2,2H3/b7-5-,15-11+,17-16-. The molecule has 116 valence electrons. The fraction of sp³-hybridized carbons (Fsp3) is 0.500. The Bertz CT molecular complexity index is 373. The van der Waals surface area contributed by atoms with Gasteiger partial charge in [0.25, 0.3) is 0 Å². The van der Waals surface area contributed by atoms with E-state index in [0.717, 1.165) is 6.54 Å². The van der Waals surface area contributed by atoms with Gasteiger partial charge in [0.2, 0.25) is 0 Å². The number of hydrogen-bond donors (Lipinski definition) is 1. The van der Waals surface area contributed by atoms with Crippen molar-refractivity contribution < 1.29 is 0 Å². The summed E-state index contributed by atoms with van der Waals surface area (Å²) >= 11 is 0. The highest BCUT2D eigenvalue weighted by Gasteiger charge is 2.05. The van der Waals surface area contributed by atoms with Crippen molar-refractivity contribution in [1.29, 1.82) is 0 Å². The van der Waals surface area contributed by atoms with E-state index in [9.17, 15) is 0 Å². The van der Waals surface area contributed by atoms with Crippen molar-refractivity contribution in [3.63, 3.8) is 0 Å². The van der Waals surface area contributed by atoms with Crippen LogP contribution in [0.2, 0.25) is 0 Å². The van der Waals surface area contributed by atoms with Crippen LogP contribution in [-0.4, -0.2) is 12.6 Å². The number of unbranched alkanes of at least 4 members (excludes halogenated alkanes) is 2. The van der Waals surface area contributed by atoms with E-state index in [1.807, 2.05) is 12.2 Å². The average molecular weight is 285 g/mol. The van der Waals surface area contributed by atoms with Crippen molar-refractivity contribution in [2.45, 2.75) is 51.5 Å². The van der Waals surface area contributed by atoms with Crippen LogP contribution in [-0.2, 0) is 0 Å². The molecule has 1 aliphatic carbocycles. The van der Waals surface area contributed by atoms with Crippen molar-refractivity contribution in [3.8, 4) is 0 Å². The molecule has 1 N–H and O–H groups in total. The lowest BCUT2D eigenvalue weighted by Crippen LogP contribution is -2.26. The largest absolute Gasteiger partial charge is 0.307 e. The molecule has 0 saturated heterocycles. The van der Waals surface area contributed by atoms with Crippen molar-refractivity contribution in [3.05, 3.63) is 61.3 Å². The van der Waals surface area contributed by atoms with Gasteiger partial charge in [0, 0.05) is 6.04 Å². The SMILES string of the molecule is C=C/C=C\C=C\C(/C=C\C1C=CCCC1)NCCCCC. The third-order valence-corrected chi connectivity index (χ3v) is 3.69. The maximum atomic E-state index is 3.69. The molecule has 0 aromatic heterocycles. The third-order valence-electron chi connectivity index (χ3n) is 3.69. The van der Waals surface area contributed by atoms with Crippen molar-refractivity contribution in [2.75, 3.05) is 6.54 Å². The second-order valence-electron chi connectivity index (χ2n) is 5.60. The van der Waals surface area contributed by atoms with Gasteiger partial charge < -0.3 is 5.32 Å². The maximum Gasteiger partial charge on any atom is 0.0438 e. The van der Waals surface area contributed by atoms with Gasteiger partial charge in [0.1, 0.15) is 0 Å². The molecular weight excluding hydrogens is 254 g/mol. The van der Waals surface area contributed by atoms with E-state index in [1.54, 1.807) is 6.08 Å². The Balaban J connectivity index is 2.48. The Labute approximate surface area is 131 Å². The Kier molecular flexibility index (Phi) is 10.5.